The molecule has 0 radical (unpaired) electrons. The van der Waals surface area contributed by atoms with Gasteiger partial charge in [0.25, 0.3) is 0 Å². The molecule has 1 heterocycles. The predicted molar refractivity (Wildman–Crippen MR) is 80.8 cm³/mol. The van der Waals surface area contributed by atoms with Crippen molar-refractivity contribution in [3.05, 3.63) is 11.9 Å². The van der Waals surface area contributed by atoms with Crippen molar-refractivity contribution in [2.45, 2.75) is 65.5 Å². The monoisotopic (exact) mass is 267 g/mol. The lowest BCUT2D eigenvalue weighted by atomic mass is 9.90. The van der Waals surface area contributed by atoms with E-state index < -0.39 is 0 Å². The molecule has 0 saturated carbocycles. The molecule has 1 N–H and O–H groups in total. The molecule has 0 aliphatic heterocycles. The number of hydrogen-bond acceptors (Lipinski definition) is 3. The standard InChI is InChI=1S/C15H29N3O/c1-7-15(8-2,9-3)17-14-16-12(4)10-18(14)13(5)11-19-6/h10,13H,7-9,11H2,1-6H3,(H,16,17). The number of methoxy groups -OCH3 is 1. The summed E-state index contributed by atoms with van der Waals surface area (Å²) in [7, 11) is 1.74. The molecule has 1 unspecified atom stereocenters. The molecule has 1 atom stereocenters. The maximum Gasteiger partial charge on any atom is 0.203 e. The molecule has 0 fully saturated rings. The maximum absolute atomic E-state index is 5.26. The second-order valence-corrected chi connectivity index (χ2v) is 5.38. The smallest absolute Gasteiger partial charge is 0.203 e. The second-order valence-electron chi connectivity index (χ2n) is 5.38. The zero-order valence-electron chi connectivity index (χ0n) is 13.3. The Kier molecular flexibility index (Phi) is 5.85. The Balaban J connectivity index is 3.00. The average Bonchev–Trinajstić information content (AvgIpc) is 2.77. The van der Waals surface area contributed by atoms with Crippen LogP contribution in [0, 0.1) is 6.92 Å². The highest BCUT2D eigenvalue weighted by molar-refractivity contribution is 5.33. The number of imidazole rings is 1. The minimum atomic E-state index is 0.141. The molecule has 4 nitrogen and oxygen atoms in total. The van der Waals surface area contributed by atoms with Gasteiger partial charge in [0.1, 0.15) is 0 Å². The second kappa shape index (κ2) is 6.94. The summed E-state index contributed by atoms with van der Waals surface area (Å²) >= 11 is 0. The number of anilines is 1. The maximum atomic E-state index is 5.26. The molecule has 0 aliphatic rings. The Morgan fingerprint density at radius 3 is 2.37 bits per heavy atom. The Bertz CT molecular complexity index is 374. The molecule has 1 aromatic rings. The van der Waals surface area contributed by atoms with Gasteiger partial charge in [0.2, 0.25) is 5.95 Å². The van der Waals surface area contributed by atoms with Gasteiger partial charge >= 0.3 is 0 Å². The Hall–Kier alpha value is -1.03. The molecule has 4 heteroatoms. The predicted octanol–water partition coefficient (Wildman–Crippen LogP) is 3.78. The summed E-state index contributed by atoms with van der Waals surface area (Å²) < 4.78 is 7.44. The number of aromatic nitrogens is 2. The largest absolute Gasteiger partial charge is 0.383 e. The van der Waals surface area contributed by atoms with E-state index in [1.165, 1.54) is 0 Å². The minimum absolute atomic E-state index is 0.141. The molecule has 0 aliphatic carbocycles. The number of nitrogens with zero attached hydrogens (tertiary/aromatic N) is 2. The van der Waals surface area contributed by atoms with Gasteiger partial charge in [-0.15, -0.1) is 0 Å². The van der Waals surface area contributed by atoms with Gasteiger partial charge in [0, 0.05) is 18.8 Å². The molecule has 110 valence electrons. The van der Waals surface area contributed by atoms with Gasteiger partial charge in [-0.05, 0) is 33.1 Å². The van der Waals surface area contributed by atoms with Crippen LogP contribution in [-0.2, 0) is 4.74 Å². The van der Waals surface area contributed by atoms with Gasteiger partial charge in [-0.3, -0.25) is 0 Å². The highest BCUT2D eigenvalue weighted by Gasteiger charge is 2.26. The van der Waals surface area contributed by atoms with Gasteiger partial charge in [-0.1, -0.05) is 20.8 Å². The lowest BCUT2D eigenvalue weighted by molar-refractivity contribution is 0.162. The topological polar surface area (TPSA) is 39.1 Å². The molecular formula is C15H29N3O. The van der Waals surface area contributed by atoms with Crippen molar-refractivity contribution in [2.75, 3.05) is 19.0 Å². The van der Waals surface area contributed by atoms with Crippen LogP contribution in [0.4, 0.5) is 5.95 Å². The highest BCUT2D eigenvalue weighted by atomic mass is 16.5. The highest BCUT2D eigenvalue weighted by Crippen LogP contribution is 2.26. The van der Waals surface area contributed by atoms with Gasteiger partial charge < -0.3 is 14.6 Å². The quantitative estimate of drug-likeness (QED) is 0.779. The van der Waals surface area contributed by atoms with Crippen molar-refractivity contribution < 1.29 is 4.74 Å². The number of nitrogens with one attached hydrogen (secondary N) is 1. The van der Waals surface area contributed by atoms with E-state index in [9.17, 15) is 0 Å². The molecule has 0 saturated heterocycles. The summed E-state index contributed by atoms with van der Waals surface area (Å²) in [6.45, 7) is 11.6. The first-order chi connectivity index (χ1) is 9.01. The molecule has 0 amide bonds. The number of ether oxygens (including phenoxy) is 1. The van der Waals surface area contributed by atoms with E-state index in [4.69, 9.17) is 4.74 Å². The normalized spacial score (nSPS) is 13.6. The van der Waals surface area contributed by atoms with Crippen LogP contribution in [0.2, 0.25) is 0 Å². The van der Waals surface area contributed by atoms with E-state index in [1.807, 2.05) is 6.92 Å². The van der Waals surface area contributed by atoms with Gasteiger partial charge in [-0.25, -0.2) is 4.98 Å². The Labute approximate surface area is 117 Å². The van der Waals surface area contributed by atoms with Gasteiger partial charge in [-0.2, -0.15) is 0 Å². The van der Waals surface area contributed by atoms with Crippen LogP contribution < -0.4 is 5.32 Å². The van der Waals surface area contributed by atoms with Crippen LogP contribution >= 0.6 is 0 Å². The fraction of sp³-hybridized carbons (Fsp3) is 0.800. The zero-order chi connectivity index (χ0) is 14.5. The van der Waals surface area contributed by atoms with Gasteiger partial charge in [0.15, 0.2) is 0 Å². The zero-order valence-corrected chi connectivity index (χ0v) is 13.3. The van der Waals surface area contributed by atoms with E-state index in [2.05, 4.69) is 48.8 Å². The van der Waals surface area contributed by atoms with E-state index in [0.29, 0.717) is 6.61 Å². The number of hydrogen-bond donors (Lipinski definition) is 1. The van der Waals surface area contributed by atoms with Crippen molar-refractivity contribution in [3.63, 3.8) is 0 Å². The van der Waals surface area contributed by atoms with Crippen molar-refractivity contribution in [1.29, 1.82) is 0 Å². The summed E-state index contributed by atoms with van der Waals surface area (Å²) in [5.74, 6) is 0.965. The summed E-state index contributed by atoms with van der Waals surface area (Å²) in [6.07, 6.45) is 5.40. The van der Waals surface area contributed by atoms with Crippen molar-refractivity contribution >= 4 is 5.95 Å². The summed E-state index contributed by atoms with van der Waals surface area (Å²) in [5.41, 5.74) is 1.19. The average molecular weight is 267 g/mol. The Morgan fingerprint density at radius 1 is 1.32 bits per heavy atom. The molecular weight excluding hydrogens is 238 g/mol. The Morgan fingerprint density at radius 2 is 1.89 bits per heavy atom. The summed E-state index contributed by atoms with van der Waals surface area (Å²) in [4.78, 5) is 4.64. The van der Waals surface area contributed by atoms with Crippen LogP contribution in [0.25, 0.3) is 0 Å². The fourth-order valence-corrected chi connectivity index (χ4v) is 2.52. The first-order valence-electron chi connectivity index (χ1n) is 7.34. The van der Waals surface area contributed by atoms with Crippen molar-refractivity contribution in [1.82, 2.24) is 9.55 Å². The van der Waals surface area contributed by atoms with Crippen LogP contribution in [0.1, 0.15) is 58.7 Å². The van der Waals surface area contributed by atoms with Crippen molar-refractivity contribution in [3.8, 4) is 0 Å². The lowest BCUT2D eigenvalue weighted by Crippen LogP contribution is -2.37. The van der Waals surface area contributed by atoms with Gasteiger partial charge in [0.05, 0.1) is 18.3 Å². The molecule has 0 bridgehead atoms. The number of rotatable bonds is 8. The van der Waals surface area contributed by atoms with Crippen LogP contribution in [0.3, 0.4) is 0 Å². The lowest BCUT2D eigenvalue weighted by Gasteiger charge is -2.33. The van der Waals surface area contributed by atoms with Crippen LogP contribution in [0.5, 0.6) is 0 Å². The van der Waals surface area contributed by atoms with Crippen molar-refractivity contribution in [2.24, 2.45) is 0 Å². The minimum Gasteiger partial charge on any atom is -0.383 e. The third-order valence-electron chi connectivity index (χ3n) is 4.14. The molecule has 0 aromatic carbocycles. The van der Waals surface area contributed by atoms with E-state index >= 15 is 0 Å². The third kappa shape index (κ3) is 3.72. The van der Waals surface area contributed by atoms with E-state index in [1.54, 1.807) is 7.11 Å². The van der Waals surface area contributed by atoms with Crippen LogP contribution in [-0.4, -0.2) is 28.8 Å². The molecule has 1 rings (SSSR count). The molecule has 1 aromatic heterocycles. The van der Waals surface area contributed by atoms with E-state index in [-0.39, 0.29) is 11.6 Å². The molecule has 19 heavy (non-hydrogen) atoms. The van der Waals surface area contributed by atoms with Crippen LogP contribution in [0.15, 0.2) is 6.20 Å². The first-order valence-corrected chi connectivity index (χ1v) is 7.34. The summed E-state index contributed by atoms with van der Waals surface area (Å²) in [6, 6.07) is 0.289. The fourth-order valence-electron chi connectivity index (χ4n) is 2.52. The molecule has 0 spiro atoms. The summed E-state index contributed by atoms with van der Waals surface area (Å²) in [5, 5.41) is 3.67. The first kappa shape index (κ1) is 16.0. The van der Waals surface area contributed by atoms with E-state index in [0.717, 1.165) is 30.9 Å². The SMILES string of the molecule is CCC(CC)(CC)Nc1nc(C)cn1C(C)COC. The number of aryl methyl sites for hydroxylation is 1. The third-order valence-corrected chi connectivity index (χ3v) is 4.14.